The summed E-state index contributed by atoms with van der Waals surface area (Å²) in [7, 11) is 0. The van der Waals surface area contributed by atoms with Crippen LogP contribution in [0.2, 0.25) is 0 Å². The molecule has 0 aromatic rings. The summed E-state index contributed by atoms with van der Waals surface area (Å²) in [5, 5.41) is 9.64. The Bertz CT molecular complexity index is 843. The van der Waals surface area contributed by atoms with E-state index in [9.17, 15) is 24.3 Å². The number of esters is 1. The lowest BCUT2D eigenvalue weighted by molar-refractivity contribution is -0.148. The molecule has 8 heteroatoms. The second-order valence-electron chi connectivity index (χ2n) is 10.8. The predicted octanol–water partition coefficient (Wildman–Crippen LogP) is 6.85. The second-order valence-corrected chi connectivity index (χ2v) is 10.8. The normalized spacial score (nSPS) is 21.9. The number of carbonyl (C=O) groups is 4. The molecular formula is C35H62N2O6. The number of β-amino-alcohol motifs (C(OH)–C–C–N with tert-alkyl or cyclic N) is 1. The Morgan fingerprint density at radius 1 is 0.953 bits per heavy atom. The monoisotopic (exact) mass is 606 g/mol. The first kappa shape index (κ1) is 42.4. The minimum atomic E-state index is -0.659. The first-order valence-electron chi connectivity index (χ1n) is 16.1. The van der Waals surface area contributed by atoms with Crippen LogP contribution < -0.4 is 5.73 Å². The third-order valence-corrected chi connectivity index (χ3v) is 7.48. The van der Waals surface area contributed by atoms with Crippen molar-refractivity contribution in [1.29, 1.82) is 0 Å². The molecule has 0 radical (unpaired) electrons. The third-order valence-electron chi connectivity index (χ3n) is 7.48. The van der Waals surface area contributed by atoms with E-state index in [4.69, 9.17) is 10.5 Å². The van der Waals surface area contributed by atoms with Crippen LogP contribution in [-0.2, 0) is 23.9 Å². The molecular weight excluding hydrogens is 544 g/mol. The van der Waals surface area contributed by atoms with E-state index in [1.54, 1.807) is 12.2 Å². The van der Waals surface area contributed by atoms with Gasteiger partial charge in [0.05, 0.1) is 6.10 Å². The molecule has 3 rings (SSSR count). The maximum absolute atomic E-state index is 12.2. The van der Waals surface area contributed by atoms with E-state index in [2.05, 4.69) is 25.3 Å². The molecule has 2 saturated carbocycles. The van der Waals surface area contributed by atoms with E-state index in [-0.39, 0.29) is 44.3 Å². The molecule has 2 amide bonds. The van der Waals surface area contributed by atoms with Gasteiger partial charge < -0.3 is 20.5 Å². The van der Waals surface area contributed by atoms with Gasteiger partial charge in [0.1, 0.15) is 17.9 Å². The Hall–Kier alpha value is -2.74. The molecule has 0 aromatic carbocycles. The summed E-state index contributed by atoms with van der Waals surface area (Å²) in [6, 6.07) is -0.659. The Balaban J connectivity index is 0. The molecule has 1 saturated heterocycles. The van der Waals surface area contributed by atoms with Crippen LogP contribution in [0.3, 0.4) is 0 Å². The van der Waals surface area contributed by atoms with Crippen LogP contribution in [0.15, 0.2) is 37.5 Å². The minimum Gasteiger partial charge on any atom is -0.462 e. The quantitative estimate of drug-likeness (QED) is 0.0964. The fourth-order valence-corrected chi connectivity index (χ4v) is 5.00. The van der Waals surface area contributed by atoms with Gasteiger partial charge in [-0.05, 0) is 57.3 Å². The number of likely N-dealkylation sites (tertiary alicyclic amines) is 1. The van der Waals surface area contributed by atoms with Crippen molar-refractivity contribution in [2.75, 3.05) is 6.54 Å². The number of amides is 2. The van der Waals surface area contributed by atoms with E-state index in [0.29, 0.717) is 31.0 Å². The Kier molecular flexibility index (Phi) is 25.4. The number of nitrogens with two attached hydrogens (primary N) is 1. The molecule has 8 nitrogen and oxygen atoms in total. The molecule has 3 N–H and O–H groups in total. The lowest BCUT2D eigenvalue weighted by atomic mass is 10.1. The molecule has 0 aromatic heterocycles. The van der Waals surface area contributed by atoms with Gasteiger partial charge in [-0.25, -0.2) is 0 Å². The van der Waals surface area contributed by atoms with Gasteiger partial charge in [-0.3, -0.25) is 19.2 Å². The number of rotatable bonds is 14. The van der Waals surface area contributed by atoms with Crippen molar-refractivity contribution in [1.82, 2.24) is 4.90 Å². The number of hydrogen-bond acceptors (Lipinski definition) is 6. The molecule has 4 unspecified atom stereocenters. The van der Waals surface area contributed by atoms with Gasteiger partial charge in [0.15, 0.2) is 0 Å². The number of hydrogen-bond donors (Lipinski definition) is 2. The van der Waals surface area contributed by atoms with Crippen LogP contribution in [-0.4, -0.2) is 58.4 Å². The van der Waals surface area contributed by atoms with Crippen molar-refractivity contribution in [3.63, 3.8) is 0 Å². The van der Waals surface area contributed by atoms with E-state index in [1.165, 1.54) is 17.7 Å². The van der Waals surface area contributed by atoms with Gasteiger partial charge in [-0.15, -0.1) is 0 Å². The molecule has 3 fully saturated rings. The van der Waals surface area contributed by atoms with Crippen molar-refractivity contribution >= 4 is 23.6 Å². The number of nitrogens with zero attached hydrogens (tertiary/aromatic N) is 1. The van der Waals surface area contributed by atoms with Gasteiger partial charge in [0.25, 0.3) is 0 Å². The average molecular weight is 607 g/mol. The molecule has 43 heavy (non-hydrogen) atoms. The summed E-state index contributed by atoms with van der Waals surface area (Å²) in [5.74, 6) is 0.441. The van der Waals surface area contributed by atoms with Crippen LogP contribution in [0.4, 0.5) is 0 Å². The minimum absolute atomic E-state index is 0. The summed E-state index contributed by atoms with van der Waals surface area (Å²) >= 11 is 0. The van der Waals surface area contributed by atoms with Crippen LogP contribution >= 0.6 is 0 Å². The highest BCUT2D eigenvalue weighted by Gasteiger charge is 2.39. The number of carbonyl (C=O) groups excluding carboxylic acids is 4. The standard InChI is InChI=1S/C20H32N2O4.C8H14O2.C4H6.C2H6.CH4/c1-2-18(24)16-11-14(16)9-7-5-3-4-6-8-10-19(25)22-13-15(23)12-17(22)20(21)26;1-2-8(9)10-7-5-3-4-6-7;1-3-4-2;1-2;/h7,9,14-17,23H,2-6,8,10-13H2,1H3,(H2,21,26);7H,2-6H2,1H3;3-4H,1-2H2;1-2H3;1H4/b9-7-;;;;. The second kappa shape index (κ2) is 25.7. The number of aliphatic hydroxyl groups excluding tert-OH is 1. The Labute approximate surface area is 262 Å². The van der Waals surface area contributed by atoms with Crippen molar-refractivity contribution in [3.8, 4) is 0 Å². The first-order chi connectivity index (χ1) is 20.2. The number of aliphatic hydroxyl groups is 1. The number of allylic oxidation sites excluding steroid dienone is 4. The van der Waals surface area contributed by atoms with Crippen LogP contribution in [0.5, 0.6) is 0 Å². The summed E-state index contributed by atoms with van der Waals surface area (Å²) in [5.41, 5.74) is 5.30. The summed E-state index contributed by atoms with van der Waals surface area (Å²) in [6.45, 7) is 14.7. The SMILES string of the molecule is C.C=CC=C.CC.CCC(=O)C1CC1/C=C\CCCCCCC(=O)N1CC(O)CC1C(N)=O.CCC(=O)OC1CCCC1. The molecule has 0 bridgehead atoms. The van der Waals surface area contributed by atoms with Gasteiger partial charge in [-0.2, -0.15) is 0 Å². The van der Waals surface area contributed by atoms with E-state index < -0.39 is 18.1 Å². The number of primary amides is 1. The lowest BCUT2D eigenvalue weighted by Crippen LogP contribution is -2.43. The lowest BCUT2D eigenvalue weighted by Gasteiger charge is -2.21. The summed E-state index contributed by atoms with van der Waals surface area (Å²) in [4.78, 5) is 47.2. The van der Waals surface area contributed by atoms with E-state index >= 15 is 0 Å². The van der Waals surface area contributed by atoms with E-state index in [0.717, 1.165) is 51.4 Å². The van der Waals surface area contributed by atoms with Crippen molar-refractivity contribution < 1.29 is 29.0 Å². The third kappa shape index (κ3) is 18.5. The molecule has 3 aliphatic rings. The highest BCUT2D eigenvalue weighted by molar-refractivity contribution is 5.87. The molecule has 4 atom stereocenters. The molecule has 248 valence electrons. The Morgan fingerprint density at radius 3 is 2.09 bits per heavy atom. The van der Waals surface area contributed by atoms with Gasteiger partial charge in [0, 0.05) is 38.1 Å². The smallest absolute Gasteiger partial charge is 0.305 e. The first-order valence-corrected chi connectivity index (χ1v) is 16.1. The summed E-state index contributed by atoms with van der Waals surface area (Å²) < 4.78 is 5.12. The van der Waals surface area contributed by atoms with E-state index in [1.807, 2.05) is 27.7 Å². The van der Waals surface area contributed by atoms with Crippen molar-refractivity contribution in [2.24, 2.45) is 17.6 Å². The molecule has 1 aliphatic heterocycles. The number of Topliss-reactive ketones (excluding diaryl/α,β-unsaturated/α-hetero) is 1. The van der Waals surface area contributed by atoms with Gasteiger partial charge >= 0.3 is 5.97 Å². The number of ketones is 1. The fraction of sp³-hybridized carbons (Fsp3) is 0.714. The zero-order valence-corrected chi connectivity index (χ0v) is 26.7. The number of ether oxygens (including phenoxy) is 1. The van der Waals surface area contributed by atoms with Gasteiger partial charge in [0.2, 0.25) is 11.8 Å². The summed E-state index contributed by atoms with van der Waals surface area (Å²) in [6.07, 6.45) is 19.6. The van der Waals surface area contributed by atoms with Crippen LogP contribution in [0, 0.1) is 11.8 Å². The highest BCUT2D eigenvalue weighted by atomic mass is 16.5. The highest BCUT2D eigenvalue weighted by Crippen LogP contribution is 2.41. The van der Waals surface area contributed by atoms with Gasteiger partial charge in [-0.1, -0.05) is 85.4 Å². The molecule has 0 spiro atoms. The zero-order chi connectivity index (χ0) is 31.9. The Morgan fingerprint density at radius 2 is 1.56 bits per heavy atom. The zero-order valence-electron chi connectivity index (χ0n) is 26.7. The average Bonchev–Trinajstić information content (AvgIpc) is 3.36. The maximum atomic E-state index is 12.2. The molecule has 2 aliphatic carbocycles. The van der Waals surface area contributed by atoms with Crippen LogP contribution in [0.25, 0.3) is 0 Å². The van der Waals surface area contributed by atoms with Crippen molar-refractivity contribution in [3.05, 3.63) is 37.5 Å². The number of unbranched alkanes of at least 4 members (excludes halogenated alkanes) is 4. The molecule has 1 heterocycles. The van der Waals surface area contributed by atoms with Crippen LogP contribution in [0.1, 0.15) is 125 Å². The topological polar surface area (TPSA) is 127 Å². The largest absolute Gasteiger partial charge is 0.462 e. The fourth-order valence-electron chi connectivity index (χ4n) is 5.00. The predicted molar refractivity (Wildman–Crippen MR) is 176 cm³/mol. The van der Waals surface area contributed by atoms with Crippen molar-refractivity contribution in [2.45, 2.75) is 143 Å². The maximum Gasteiger partial charge on any atom is 0.305 e.